The predicted molar refractivity (Wildman–Crippen MR) is 105 cm³/mol. The number of aliphatic imine (C=N–C) groups is 1. The Balaban J connectivity index is 0.00000288. The standard InChI is InChI=1S/C17H25FN4O.HI/c1-4-19-16(20-11-15(23)22(2)3)21-12-17(8-9-17)13-6-5-7-14(18)10-13;/h5-7,10H,4,8-9,11-12H2,1-3H3,(H2,19,20,21);1H. The topological polar surface area (TPSA) is 56.7 Å². The van der Waals surface area contributed by atoms with E-state index >= 15 is 0 Å². The average molecular weight is 448 g/mol. The number of carbonyl (C=O) groups excluding carboxylic acids is 1. The zero-order valence-corrected chi connectivity index (χ0v) is 16.8. The second-order valence-corrected chi connectivity index (χ2v) is 6.13. The summed E-state index contributed by atoms with van der Waals surface area (Å²) < 4.78 is 13.4. The molecule has 0 heterocycles. The van der Waals surface area contributed by atoms with Gasteiger partial charge in [-0.25, -0.2) is 9.38 Å². The molecule has 24 heavy (non-hydrogen) atoms. The summed E-state index contributed by atoms with van der Waals surface area (Å²) >= 11 is 0. The molecule has 0 spiro atoms. The highest BCUT2D eigenvalue weighted by atomic mass is 127. The smallest absolute Gasteiger partial charge is 0.243 e. The zero-order valence-electron chi connectivity index (χ0n) is 14.4. The van der Waals surface area contributed by atoms with Gasteiger partial charge in [0.1, 0.15) is 12.4 Å². The summed E-state index contributed by atoms with van der Waals surface area (Å²) in [4.78, 5) is 17.5. The van der Waals surface area contributed by atoms with Crippen LogP contribution in [0.4, 0.5) is 4.39 Å². The molecule has 1 aromatic rings. The number of halogens is 2. The van der Waals surface area contributed by atoms with Crippen LogP contribution in [-0.4, -0.2) is 50.5 Å². The molecule has 1 aliphatic carbocycles. The molecule has 0 bridgehead atoms. The lowest BCUT2D eigenvalue weighted by molar-refractivity contribution is -0.127. The number of guanidine groups is 1. The lowest BCUT2D eigenvalue weighted by atomic mass is 9.96. The predicted octanol–water partition coefficient (Wildman–Crippen LogP) is 2.12. The number of rotatable bonds is 6. The normalized spacial score (nSPS) is 15.2. The van der Waals surface area contributed by atoms with Crippen molar-refractivity contribution >= 4 is 35.8 Å². The summed E-state index contributed by atoms with van der Waals surface area (Å²) in [7, 11) is 3.42. The van der Waals surface area contributed by atoms with Gasteiger partial charge in [-0.15, -0.1) is 24.0 Å². The van der Waals surface area contributed by atoms with E-state index in [2.05, 4.69) is 15.6 Å². The molecule has 1 aliphatic rings. The fraction of sp³-hybridized carbons (Fsp3) is 0.529. The second-order valence-electron chi connectivity index (χ2n) is 6.13. The molecule has 7 heteroatoms. The molecule has 2 rings (SSSR count). The van der Waals surface area contributed by atoms with Crippen molar-refractivity contribution in [1.29, 1.82) is 0 Å². The number of hydrogen-bond acceptors (Lipinski definition) is 2. The van der Waals surface area contributed by atoms with E-state index in [0.717, 1.165) is 24.9 Å². The first-order valence-corrected chi connectivity index (χ1v) is 7.95. The maximum Gasteiger partial charge on any atom is 0.243 e. The Labute approximate surface area is 160 Å². The van der Waals surface area contributed by atoms with Gasteiger partial charge < -0.3 is 15.5 Å². The molecule has 1 aromatic carbocycles. The van der Waals surface area contributed by atoms with Crippen LogP contribution in [0.2, 0.25) is 0 Å². The van der Waals surface area contributed by atoms with Gasteiger partial charge in [-0.05, 0) is 37.5 Å². The molecule has 134 valence electrons. The fourth-order valence-corrected chi connectivity index (χ4v) is 2.42. The molecule has 1 saturated carbocycles. The first-order valence-electron chi connectivity index (χ1n) is 7.95. The van der Waals surface area contributed by atoms with Crippen molar-refractivity contribution in [3.05, 3.63) is 35.6 Å². The minimum atomic E-state index is -0.203. The Hall–Kier alpha value is -1.38. The zero-order chi connectivity index (χ0) is 16.9. The molecule has 0 saturated heterocycles. The summed E-state index contributed by atoms with van der Waals surface area (Å²) in [5.74, 6) is 0.366. The van der Waals surface area contributed by atoms with Crippen LogP contribution in [0.1, 0.15) is 25.3 Å². The van der Waals surface area contributed by atoms with Crippen molar-refractivity contribution in [3.63, 3.8) is 0 Å². The van der Waals surface area contributed by atoms with Crippen LogP contribution in [0.25, 0.3) is 0 Å². The van der Waals surface area contributed by atoms with E-state index in [9.17, 15) is 9.18 Å². The Morgan fingerprint density at radius 2 is 2.04 bits per heavy atom. The second kappa shape index (κ2) is 9.19. The van der Waals surface area contributed by atoms with Gasteiger partial charge in [0.2, 0.25) is 5.91 Å². The number of likely N-dealkylation sites (N-methyl/N-ethyl adjacent to an activating group) is 1. The molecule has 0 atom stereocenters. The van der Waals surface area contributed by atoms with E-state index in [-0.39, 0.29) is 47.7 Å². The van der Waals surface area contributed by atoms with Crippen molar-refractivity contribution in [3.8, 4) is 0 Å². The van der Waals surface area contributed by atoms with Crippen molar-refractivity contribution in [2.75, 3.05) is 33.7 Å². The van der Waals surface area contributed by atoms with Crippen molar-refractivity contribution in [1.82, 2.24) is 15.5 Å². The minimum absolute atomic E-state index is 0. The maximum atomic E-state index is 13.4. The lowest BCUT2D eigenvalue weighted by Gasteiger charge is -2.19. The highest BCUT2D eigenvalue weighted by Crippen LogP contribution is 2.47. The summed E-state index contributed by atoms with van der Waals surface area (Å²) in [6.45, 7) is 3.48. The third-order valence-corrected chi connectivity index (χ3v) is 4.10. The monoisotopic (exact) mass is 448 g/mol. The number of amides is 1. The third-order valence-electron chi connectivity index (χ3n) is 4.10. The van der Waals surface area contributed by atoms with Crippen LogP contribution in [0, 0.1) is 5.82 Å². The Bertz CT molecular complexity index is 588. The maximum absolute atomic E-state index is 13.4. The van der Waals surface area contributed by atoms with Gasteiger partial charge in [-0.2, -0.15) is 0 Å². The van der Waals surface area contributed by atoms with Crippen LogP contribution >= 0.6 is 24.0 Å². The minimum Gasteiger partial charge on any atom is -0.357 e. The molecular weight excluding hydrogens is 422 g/mol. The van der Waals surface area contributed by atoms with Crippen LogP contribution in [0.15, 0.2) is 29.3 Å². The van der Waals surface area contributed by atoms with Gasteiger partial charge >= 0.3 is 0 Å². The Kier molecular flexibility index (Phi) is 7.92. The van der Waals surface area contributed by atoms with E-state index in [1.165, 1.54) is 11.0 Å². The Morgan fingerprint density at radius 1 is 1.33 bits per heavy atom. The van der Waals surface area contributed by atoms with Gasteiger partial charge in [0, 0.05) is 32.6 Å². The largest absolute Gasteiger partial charge is 0.357 e. The van der Waals surface area contributed by atoms with Crippen LogP contribution in [0.3, 0.4) is 0 Å². The van der Waals surface area contributed by atoms with Crippen molar-refractivity contribution < 1.29 is 9.18 Å². The van der Waals surface area contributed by atoms with E-state index in [1.807, 2.05) is 13.0 Å². The van der Waals surface area contributed by atoms with Crippen LogP contribution in [-0.2, 0) is 10.2 Å². The van der Waals surface area contributed by atoms with Gasteiger partial charge in [-0.1, -0.05) is 12.1 Å². The summed E-state index contributed by atoms with van der Waals surface area (Å²) in [6.07, 6.45) is 2.05. The molecule has 5 nitrogen and oxygen atoms in total. The molecule has 0 unspecified atom stereocenters. The highest BCUT2D eigenvalue weighted by molar-refractivity contribution is 14.0. The molecule has 0 radical (unpaired) electrons. The molecular formula is C17H26FIN4O. The lowest BCUT2D eigenvalue weighted by Crippen LogP contribution is -2.42. The van der Waals surface area contributed by atoms with E-state index in [4.69, 9.17) is 0 Å². The summed E-state index contributed by atoms with van der Waals surface area (Å²) in [6, 6.07) is 6.79. The van der Waals surface area contributed by atoms with Crippen LogP contribution in [0.5, 0.6) is 0 Å². The average Bonchev–Trinajstić information content (AvgIpc) is 3.31. The van der Waals surface area contributed by atoms with Gasteiger partial charge in [-0.3, -0.25) is 4.79 Å². The number of benzene rings is 1. The van der Waals surface area contributed by atoms with E-state index in [0.29, 0.717) is 12.5 Å². The van der Waals surface area contributed by atoms with Crippen LogP contribution < -0.4 is 10.6 Å². The van der Waals surface area contributed by atoms with Gasteiger partial charge in [0.15, 0.2) is 5.96 Å². The number of carbonyl (C=O) groups is 1. The molecule has 0 aromatic heterocycles. The number of hydrogen-bond donors (Lipinski definition) is 2. The SMILES string of the molecule is CCNC(=NCC(=O)N(C)C)NCC1(c2cccc(F)c2)CC1.I. The molecule has 1 amide bonds. The number of nitrogens with zero attached hydrogens (tertiary/aromatic N) is 2. The first kappa shape index (κ1) is 20.7. The highest BCUT2D eigenvalue weighted by Gasteiger charge is 2.44. The summed E-state index contributed by atoms with van der Waals surface area (Å²) in [5.41, 5.74) is 0.995. The quantitative estimate of drug-likeness (QED) is 0.399. The molecule has 0 aliphatic heterocycles. The number of nitrogens with one attached hydrogen (secondary N) is 2. The van der Waals surface area contributed by atoms with E-state index in [1.54, 1.807) is 26.2 Å². The van der Waals surface area contributed by atoms with Gasteiger partial charge in [0.05, 0.1) is 0 Å². The van der Waals surface area contributed by atoms with Gasteiger partial charge in [0.25, 0.3) is 0 Å². The third kappa shape index (κ3) is 5.61. The first-order chi connectivity index (χ1) is 11.0. The van der Waals surface area contributed by atoms with Crippen molar-refractivity contribution in [2.45, 2.75) is 25.2 Å². The fourth-order valence-electron chi connectivity index (χ4n) is 2.42. The Morgan fingerprint density at radius 3 is 2.58 bits per heavy atom. The van der Waals surface area contributed by atoms with E-state index < -0.39 is 0 Å². The van der Waals surface area contributed by atoms with Crippen molar-refractivity contribution in [2.24, 2.45) is 4.99 Å². The summed E-state index contributed by atoms with van der Waals surface area (Å²) in [5, 5.41) is 6.42. The molecule has 1 fully saturated rings. The molecule has 2 N–H and O–H groups in total.